The number of benzene rings is 4. The van der Waals surface area contributed by atoms with E-state index in [1.807, 2.05) is 12.1 Å². The topological polar surface area (TPSA) is 9.23 Å². The summed E-state index contributed by atoms with van der Waals surface area (Å²) in [5.41, 5.74) is 12.2. The first-order valence-corrected chi connectivity index (χ1v) is 15.2. The zero-order chi connectivity index (χ0) is 28.0. The van der Waals surface area contributed by atoms with Crippen LogP contribution in [0.4, 0.5) is 0 Å². The first kappa shape index (κ1) is 28.1. The van der Waals surface area contributed by atoms with E-state index in [1.54, 1.807) is 0 Å². The molecule has 2 heteroatoms. The molecular weight excluding hydrogens is 503 g/mol. The Morgan fingerprint density at radius 2 is 1.02 bits per heavy atom. The molecule has 204 valence electrons. The Balaban J connectivity index is 1.54. The fourth-order valence-corrected chi connectivity index (χ4v) is 6.24. The predicted molar refractivity (Wildman–Crippen MR) is 178 cm³/mol. The monoisotopic (exact) mass is 544 g/mol. The highest BCUT2D eigenvalue weighted by molar-refractivity contribution is 7.10. The molecule has 0 radical (unpaired) electrons. The van der Waals surface area contributed by atoms with Gasteiger partial charge in [-0.15, -0.1) is 0 Å². The van der Waals surface area contributed by atoms with Gasteiger partial charge in [-0.25, -0.2) is 0 Å². The van der Waals surface area contributed by atoms with Crippen LogP contribution in [0.15, 0.2) is 84.9 Å². The van der Waals surface area contributed by atoms with Crippen LogP contribution in [0.5, 0.6) is 5.75 Å². The lowest BCUT2D eigenvalue weighted by molar-refractivity contribution is 0.414. The summed E-state index contributed by atoms with van der Waals surface area (Å²) in [5.74, 6) is 0.849. The molecule has 1 unspecified atom stereocenters. The van der Waals surface area contributed by atoms with E-state index in [-0.39, 0.29) is 5.41 Å². The Morgan fingerprint density at radius 1 is 0.600 bits per heavy atom. The standard InChI is InChI=1S/C38H41OP/c1-4-6-24-38(25-7-5-2)36-26-31(14-12-29-10-8-28(3)9-11-29)18-22-34(36)35-23-19-32(27-37(35)38)15-13-30-16-20-33(39-40)21-17-30/h8-23,26-27H,4-7,24-25,40H2,1-3H3/b14-12+,15-13+. The Labute approximate surface area is 243 Å². The van der Waals surface area contributed by atoms with Gasteiger partial charge >= 0.3 is 0 Å². The Bertz CT molecular complexity index is 1480. The lowest BCUT2D eigenvalue weighted by Crippen LogP contribution is -2.25. The minimum atomic E-state index is 0.0615. The van der Waals surface area contributed by atoms with Crippen molar-refractivity contribution in [2.24, 2.45) is 0 Å². The molecule has 1 aliphatic rings. The average molecular weight is 545 g/mol. The van der Waals surface area contributed by atoms with Crippen molar-refractivity contribution in [2.75, 3.05) is 0 Å². The van der Waals surface area contributed by atoms with Crippen LogP contribution >= 0.6 is 9.47 Å². The van der Waals surface area contributed by atoms with E-state index in [4.69, 9.17) is 4.52 Å². The van der Waals surface area contributed by atoms with E-state index in [1.165, 1.54) is 88.6 Å². The molecule has 4 aromatic rings. The molecule has 0 heterocycles. The minimum absolute atomic E-state index is 0.0615. The SMILES string of the molecule is CCCCC1(CCCC)c2cc(/C=C/c3ccc(C)cc3)ccc2-c2ccc(/C=C/c3ccc(OP)cc3)cc21. The van der Waals surface area contributed by atoms with Gasteiger partial charge in [0.25, 0.3) is 0 Å². The van der Waals surface area contributed by atoms with Gasteiger partial charge in [0.1, 0.15) is 5.75 Å². The highest BCUT2D eigenvalue weighted by Crippen LogP contribution is 2.54. The van der Waals surface area contributed by atoms with Crippen molar-refractivity contribution in [3.05, 3.63) is 124 Å². The van der Waals surface area contributed by atoms with Gasteiger partial charge in [-0.3, -0.25) is 0 Å². The quantitative estimate of drug-likeness (QED) is 0.135. The number of hydrogen-bond acceptors (Lipinski definition) is 1. The maximum Gasteiger partial charge on any atom is 0.122 e. The van der Waals surface area contributed by atoms with Crippen LogP contribution in [-0.4, -0.2) is 0 Å². The number of hydrogen-bond donors (Lipinski definition) is 0. The van der Waals surface area contributed by atoms with Gasteiger partial charge in [0.15, 0.2) is 0 Å². The lowest BCUT2D eigenvalue weighted by atomic mass is 9.70. The predicted octanol–water partition coefficient (Wildman–Crippen LogP) is 11.2. The molecule has 1 aliphatic carbocycles. The third kappa shape index (κ3) is 6.01. The van der Waals surface area contributed by atoms with Crippen molar-refractivity contribution >= 4 is 33.8 Å². The zero-order valence-corrected chi connectivity index (χ0v) is 25.3. The van der Waals surface area contributed by atoms with Crippen LogP contribution in [-0.2, 0) is 5.41 Å². The number of aryl methyl sites for hydroxylation is 1. The normalized spacial score (nSPS) is 13.6. The summed E-state index contributed by atoms with van der Waals surface area (Å²) in [6.07, 6.45) is 16.2. The molecule has 40 heavy (non-hydrogen) atoms. The number of unbranched alkanes of at least 4 members (excludes halogenated alkanes) is 2. The maximum atomic E-state index is 5.24. The molecule has 0 fully saturated rings. The van der Waals surface area contributed by atoms with Crippen molar-refractivity contribution in [3.63, 3.8) is 0 Å². The van der Waals surface area contributed by atoms with E-state index in [9.17, 15) is 0 Å². The molecule has 1 nitrogen and oxygen atoms in total. The van der Waals surface area contributed by atoms with Gasteiger partial charge in [-0.05, 0) is 76.4 Å². The maximum absolute atomic E-state index is 5.24. The first-order chi connectivity index (χ1) is 19.6. The second kappa shape index (κ2) is 12.8. The van der Waals surface area contributed by atoms with Gasteiger partial charge in [0, 0.05) is 5.41 Å². The Kier molecular flexibility index (Phi) is 9.03. The van der Waals surface area contributed by atoms with E-state index < -0.39 is 0 Å². The molecule has 0 spiro atoms. The van der Waals surface area contributed by atoms with Crippen LogP contribution < -0.4 is 4.52 Å². The summed E-state index contributed by atoms with van der Waals surface area (Å²) in [6, 6.07) is 31.2. The molecule has 0 aliphatic heterocycles. The summed E-state index contributed by atoms with van der Waals surface area (Å²) < 4.78 is 5.24. The summed E-state index contributed by atoms with van der Waals surface area (Å²) in [4.78, 5) is 0. The largest absolute Gasteiger partial charge is 0.480 e. The van der Waals surface area contributed by atoms with Gasteiger partial charge in [-0.2, -0.15) is 0 Å². The molecule has 0 saturated carbocycles. The molecular formula is C38H41OP. The van der Waals surface area contributed by atoms with Crippen LogP contribution in [0.3, 0.4) is 0 Å². The summed E-state index contributed by atoms with van der Waals surface area (Å²) >= 11 is 0. The van der Waals surface area contributed by atoms with Crippen molar-refractivity contribution in [2.45, 2.75) is 64.7 Å². The van der Waals surface area contributed by atoms with Gasteiger partial charge in [-0.1, -0.05) is 142 Å². The highest BCUT2D eigenvalue weighted by atomic mass is 31.0. The van der Waals surface area contributed by atoms with Crippen molar-refractivity contribution in [1.29, 1.82) is 0 Å². The summed E-state index contributed by atoms with van der Waals surface area (Å²) in [7, 11) is 2.30. The van der Waals surface area contributed by atoms with Gasteiger partial charge in [0.2, 0.25) is 0 Å². The first-order valence-electron chi connectivity index (χ1n) is 14.8. The second-order valence-electron chi connectivity index (χ2n) is 11.2. The third-order valence-electron chi connectivity index (χ3n) is 8.35. The summed E-state index contributed by atoms with van der Waals surface area (Å²) in [5, 5.41) is 0. The van der Waals surface area contributed by atoms with Crippen LogP contribution in [0.1, 0.15) is 91.3 Å². The number of fused-ring (bicyclic) bond motifs is 3. The smallest absolute Gasteiger partial charge is 0.122 e. The van der Waals surface area contributed by atoms with Crippen LogP contribution in [0.25, 0.3) is 35.4 Å². The van der Waals surface area contributed by atoms with E-state index in [0.717, 1.165) is 5.75 Å². The molecule has 0 N–H and O–H groups in total. The third-order valence-corrected chi connectivity index (χ3v) is 8.62. The zero-order valence-electron chi connectivity index (χ0n) is 24.1. The molecule has 1 atom stereocenters. The van der Waals surface area contributed by atoms with Crippen molar-refractivity contribution < 1.29 is 4.52 Å². The van der Waals surface area contributed by atoms with Gasteiger partial charge in [0.05, 0.1) is 9.47 Å². The fourth-order valence-electron chi connectivity index (χ4n) is 6.08. The molecule has 0 aromatic heterocycles. The van der Waals surface area contributed by atoms with E-state index in [2.05, 4.69) is 127 Å². The fraction of sp³-hybridized carbons (Fsp3) is 0.263. The average Bonchev–Trinajstić information content (AvgIpc) is 3.26. The van der Waals surface area contributed by atoms with E-state index in [0.29, 0.717) is 0 Å². The minimum Gasteiger partial charge on any atom is -0.480 e. The highest BCUT2D eigenvalue weighted by Gasteiger charge is 2.42. The molecule has 0 amide bonds. The Morgan fingerprint density at radius 3 is 1.48 bits per heavy atom. The van der Waals surface area contributed by atoms with E-state index >= 15 is 0 Å². The Hall–Kier alpha value is -3.41. The van der Waals surface area contributed by atoms with Crippen molar-refractivity contribution in [3.8, 4) is 16.9 Å². The molecule has 5 rings (SSSR count). The van der Waals surface area contributed by atoms with Crippen molar-refractivity contribution in [1.82, 2.24) is 0 Å². The molecule has 0 bridgehead atoms. The second-order valence-corrected chi connectivity index (χ2v) is 11.4. The van der Waals surface area contributed by atoms with Gasteiger partial charge < -0.3 is 4.52 Å². The number of rotatable bonds is 11. The van der Waals surface area contributed by atoms with Crippen LogP contribution in [0.2, 0.25) is 0 Å². The molecule has 0 saturated heterocycles. The summed E-state index contributed by atoms with van der Waals surface area (Å²) in [6.45, 7) is 6.77. The lowest BCUT2D eigenvalue weighted by Gasteiger charge is -2.33. The van der Waals surface area contributed by atoms with Crippen LogP contribution in [0, 0.1) is 6.92 Å². The molecule has 4 aromatic carbocycles.